The van der Waals surface area contributed by atoms with Crippen molar-refractivity contribution in [2.75, 3.05) is 0 Å². The van der Waals surface area contributed by atoms with Gasteiger partial charge >= 0.3 is 0 Å². The van der Waals surface area contributed by atoms with Crippen molar-refractivity contribution in [1.82, 2.24) is 0 Å². The van der Waals surface area contributed by atoms with Crippen molar-refractivity contribution in [2.24, 2.45) is 0 Å². The van der Waals surface area contributed by atoms with Crippen molar-refractivity contribution in [3.63, 3.8) is 0 Å². The van der Waals surface area contributed by atoms with Gasteiger partial charge in [-0.2, -0.15) is 0 Å². The Morgan fingerprint density at radius 2 is 1.39 bits per heavy atom. The van der Waals surface area contributed by atoms with Crippen LogP contribution in [0.15, 0.2) is 54.6 Å². The highest BCUT2D eigenvalue weighted by atomic mass is 31.1. The summed E-state index contributed by atoms with van der Waals surface area (Å²) in [5.74, 6) is 0.603. The van der Waals surface area contributed by atoms with Crippen LogP contribution < -0.4 is 0 Å². The summed E-state index contributed by atoms with van der Waals surface area (Å²) < 4.78 is 0. The summed E-state index contributed by atoms with van der Waals surface area (Å²) in [5, 5.41) is 0.495. The first kappa shape index (κ1) is 18.6. The highest BCUT2D eigenvalue weighted by Gasteiger charge is 2.46. The Hall–Kier alpha value is -1.39. The minimum absolute atomic E-state index is 0.495. The van der Waals surface area contributed by atoms with Crippen LogP contribution in [-0.2, 0) is 0 Å². The molecule has 1 heteroatoms. The van der Waals surface area contributed by atoms with E-state index in [0.29, 0.717) is 11.1 Å². The Bertz CT molecular complexity index is 822. The summed E-state index contributed by atoms with van der Waals surface area (Å²) in [5.41, 5.74) is 7.13. The molecule has 5 rings (SSSR count). The molecular formula is C27H33P. The smallest absolute Gasteiger partial charge is 0.0195 e. The van der Waals surface area contributed by atoms with E-state index in [-0.39, 0.29) is 0 Å². The minimum Gasteiger partial charge on any atom is -0.112 e. The van der Waals surface area contributed by atoms with E-state index in [0.717, 1.165) is 14.2 Å². The molecule has 0 bridgehead atoms. The summed E-state index contributed by atoms with van der Waals surface area (Å²) in [4.78, 5) is 0. The lowest BCUT2D eigenvalue weighted by Crippen LogP contribution is -2.36. The third-order valence-electron chi connectivity index (χ3n) is 7.43. The van der Waals surface area contributed by atoms with Crippen LogP contribution in [0.5, 0.6) is 0 Å². The normalized spacial score (nSPS) is 25.0. The van der Waals surface area contributed by atoms with Crippen LogP contribution in [-0.4, -0.2) is 10.8 Å². The van der Waals surface area contributed by atoms with Crippen molar-refractivity contribution in [3.05, 3.63) is 71.3 Å². The fourth-order valence-electron chi connectivity index (χ4n) is 6.15. The van der Waals surface area contributed by atoms with Crippen LogP contribution in [0.2, 0.25) is 0 Å². The molecule has 0 aliphatic heterocycles. The molecule has 3 aliphatic carbocycles. The zero-order valence-electron chi connectivity index (χ0n) is 17.0. The van der Waals surface area contributed by atoms with Gasteiger partial charge in [-0.05, 0) is 58.8 Å². The second-order valence-electron chi connectivity index (χ2n) is 9.22. The summed E-state index contributed by atoms with van der Waals surface area (Å²) in [6.07, 6.45) is 17.1. The molecule has 0 aromatic heterocycles. The predicted molar refractivity (Wildman–Crippen MR) is 125 cm³/mol. The second kappa shape index (κ2) is 8.16. The molecule has 0 spiro atoms. The molecule has 0 amide bonds. The van der Waals surface area contributed by atoms with Gasteiger partial charge in [-0.3, -0.25) is 0 Å². The molecule has 0 radical (unpaired) electrons. The number of fused-ring (bicyclic) bond motifs is 1. The number of rotatable bonds is 4. The van der Waals surface area contributed by atoms with Crippen LogP contribution >= 0.6 is 8.58 Å². The minimum atomic E-state index is 0.495. The van der Waals surface area contributed by atoms with Crippen LogP contribution in [0, 0.1) is 0 Å². The van der Waals surface area contributed by atoms with Gasteiger partial charge in [0.1, 0.15) is 0 Å². The Labute approximate surface area is 172 Å². The summed E-state index contributed by atoms with van der Waals surface area (Å²) >= 11 is 0. The van der Waals surface area contributed by atoms with Crippen molar-refractivity contribution >= 4 is 20.2 Å². The monoisotopic (exact) mass is 388 g/mol. The fourth-order valence-corrected chi connectivity index (χ4v) is 8.78. The molecule has 2 aromatic rings. The highest BCUT2D eigenvalue weighted by molar-refractivity contribution is 7.41. The Kier molecular flexibility index (Phi) is 5.43. The molecule has 2 atom stereocenters. The molecule has 0 saturated heterocycles. The molecular weight excluding hydrogens is 355 g/mol. The van der Waals surface area contributed by atoms with E-state index in [1.54, 1.807) is 11.1 Å². The fraction of sp³-hybridized carbons (Fsp3) is 0.481. The molecule has 2 fully saturated rings. The number of hydrogen-bond acceptors (Lipinski definition) is 0. The first-order valence-corrected chi connectivity index (χ1v) is 12.6. The van der Waals surface area contributed by atoms with Gasteiger partial charge in [-0.15, -0.1) is 8.58 Å². The molecule has 3 aliphatic rings. The van der Waals surface area contributed by atoms with E-state index in [1.807, 2.05) is 0 Å². The van der Waals surface area contributed by atoms with E-state index in [9.17, 15) is 0 Å². The SMILES string of the molecule is C1=C(c2ccccc2)C(C2(PC3CCCCC3)CCCCC2)c2ccccc21. The molecule has 2 saturated carbocycles. The third kappa shape index (κ3) is 3.50. The van der Waals surface area contributed by atoms with Crippen LogP contribution in [0.4, 0.5) is 0 Å². The van der Waals surface area contributed by atoms with Gasteiger partial charge < -0.3 is 0 Å². The largest absolute Gasteiger partial charge is 0.112 e. The third-order valence-corrected chi connectivity index (χ3v) is 9.78. The molecule has 2 aromatic carbocycles. The van der Waals surface area contributed by atoms with Gasteiger partial charge in [0.25, 0.3) is 0 Å². The van der Waals surface area contributed by atoms with Gasteiger partial charge in [0.05, 0.1) is 0 Å². The van der Waals surface area contributed by atoms with E-state index in [1.165, 1.54) is 75.3 Å². The zero-order chi connectivity index (χ0) is 18.8. The Balaban J connectivity index is 1.58. The van der Waals surface area contributed by atoms with Crippen molar-refractivity contribution < 1.29 is 0 Å². The van der Waals surface area contributed by atoms with Gasteiger partial charge in [0, 0.05) is 5.92 Å². The van der Waals surface area contributed by atoms with Crippen molar-refractivity contribution in [2.45, 2.75) is 80.9 Å². The maximum Gasteiger partial charge on any atom is 0.0195 e. The predicted octanol–water partition coefficient (Wildman–Crippen LogP) is 8.04. The lowest BCUT2D eigenvalue weighted by atomic mass is 9.73. The van der Waals surface area contributed by atoms with Gasteiger partial charge in [0.2, 0.25) is 0 Å². The highest BCUT2D eigenvalue weighted by Crippen LogP contribution is 2.62. The maximum absolute atomic E-state index is 2.52. The first-order valence-electron chi connectivity index (χ1n) is 11.5. The van der Waals surface area contributed by atoms with Crippen molar-refractivity contribution in [1.29, 1.82) is 0 Å². The standard InChI is InChI=1S/C27H33P/c1-4-12-21(13-5-1)25-20-22-14-8-9-17-24(22)26(25)27(18-10-3-11-19-27)28-23-15-6-2-7-16-23/h1,4-5,8-9,12-14,17,20,23,26,28H,2-3,6-7,10-11,15-16,18-19H2. The molecule has 2 unspecified atom stereocenters. The quantitative estimate of drug-likeness (QED) is 0.465. The summed E-state index contributed by atoms with van der Waals surface area (Å²) in [6.45, 7) is 0. The van der Waals surface area contributed by atoms with Crippen LogP contribution in [0.1, 0.15) is 86.8 Å². The summed E-state index contributed by atoms with van der Waals surface area (Å²) in [6, 6.07) is 20.5. The molecule has 0 nitrogen and oxygen atoms in total. The number of benzene rings is 2. The van der Waals surface area contributed by atoms with E-state index in [4.69, 9.17) is 0 Å². The molecule has 28 heavy (non-hydrogen) atoms. The Morgan fingerprint density at radius 3 is 2.18 bits per heavy atom. The maximum atomic E-state index is 2.52. The summed E-state index contributed by atoms with van der Waals surface area (Å²) in [7, 11) is 1.14. The van der Waals surface area contributed by atoms with E-state index < -0.39 is 0 Å². The first-order chi connectivity index (χ1) is 13.9. The molecule has 146 valence electrons. The average molecular weight is 389 g/mol. The lowest BCUT2D eigenvalue weighted by molar-refractivity contribution is 0.368. The topological polar surface area (TPSA) is 0 Å². The molecule has 0 heterocycles. The lowest BCUT2D eigenvalue weighted by Gasteiger charge is -2.47. The van der Waals surface area contributed by atoms with E-state index >= 15 is 0 Å². The average Bonchev–Trinajstić information content (AvgIpc) is 3.16. The van der Waals surface area contributed by atoms with Gasteiger partial charge in [0.15, 0.2) is 0 Å². The molecule has 0 N–H and O–H groups in total. The van der Waals surface area contributed by atoms with Crippen molar-refractivity contribution in [3.8, 4) is 0 Å². The van der Waals surface area contributed by atoms with Crippen LogP contribution in [0.25, 0.3) is 11.6 Å². The van der Waals surface area contributed by atoms with Gasteiger partial charge in [-0.1, -0.05) is 99.2 Å². The number of hydrogen-bond donors (Lipinski definition) is 0. The second-order valence-corrected chi connectivity index (χ2v) is 11.3. The van der Waals surface area contributed by atoms with Crippen LogP contribution in [0.3, 0.4) is 0 Å². The number of allylic oxidation sites excluding steroid dienone is 1. The Morgan fingerprint density at radius 1 is 0.714 bits per heavy atom. The van der Waals surface area contributed by atoms with Gasteiger partial charge in [-0.25, -0.2) is 0 Å². The van der Waals surface area contributed by atoms with E-state index in [2.05, 4.69) is 60.7 Å². The zero-order valence-corrected chi connectivity index (χ0v) is 18.0.